The van der Waals surface area contributed by atoms with Crippen LogP contribution in [0.25, 0.3) is 0 Å². The van der Waals surface area contributed by atoms with Crippen LogP contribution in [0.4, 0.5) is 4.79 Å². The molecule has 19 heavy (non-hydrogen) atoms. The Labute approximate surface area is 120 Å². The Hall–Kier alpha value is -1.56. The van der Waals surface area contributed by atoms with Gasteiger partial charge in [-0.3, -0.25) is 10.1 Å². The highest BCUT2D eigenvalue weighted by Crippen LogP contribution is 2.25. The first kappa shape index (κ1) is 15.5. The molecule has 0 saturated carbocycles. The number of carbonyl (C=O) groups excluding carboxylic acids is 2. The van der Waals surface area contributed by atoms with Gasteiger partial charge in [-0.1, -0.05) is 13.0 Å². The van der Waals surface area contributed by atoms with Gasteiger partial charge in [-0.05, 0) is 47.0 Å². The first-order chi connectivity index (χ1) is 9.02. The maximum Gasteiger partial charge on any atom is 0.321 e. The lowest BCUT2D eigenvalue weighted by molar-refractivity contribution is -0.122. The van der Waals surface area contributed by atoms with Crippen LogP contribution in [0.1, 0.15) is 18.9 Å². The lowest BCUT2D eigenvalue weighted by atomic mass is 10.2. The first-order valence-electron chi connectivity index (χ1n) is 5.99. The van der Waals surface area contributed by atoms with E-state index < -0.39 is 11.9 Å². The second-order valence-electron chi connectivity index (χ2n) is 4.03. The molecule has 1 aromatic rings. The van der Waals surface area contributed by atoms with Crippen LogP contribution in [0, 0.1) is 6.92 Å². The Morgan fingerprint density at radius 3 is 2.74 bits per heavy atom. The summed E-state index contributed by atoms with van der Waals surface area (Å²) in [5.41, 5.74) is 1.09. The van der Waals surface area contributed by atoms with E-state index in [1.807, 2.05) is 26.0 Å². The van der Waals surface area contributed by atoms with E-state index in [1.165, 1.54) is 0 Å². The van der Waals surface area contributed by atoms with Crippen LogP contribution in [-0.4, -0.2) is 25.1 Å². The highest BCUT2D eigenvalue weighted by Gasteiger charge is 2.09. The Morgan fingerprint density at radius 2 is 2.11 bits per heavy atom. The monoisotopic (exact) mass is 328 g/mol. The van der Waals surface area contributed by atoms with Gasteiger partial charge in [0, 0.05) is 6.54 Å². The smallest absolute Gasteiger partial charge is 0.321 e. The van der Waals surface area contributed by atoms with Gasteiger partial charge in [0.1, 0.15) is 5.75 Å². The number of nitrogens with one attached hydrogen (secondary N) is 2. The van der Waals surface area contributed by atoms with Crippen molar-refractivity contribution in [1.29, 1.82) is 0 Å². The van der Waals surface area contributed by atoms with Gasteiger partial charge in [0.05, 0.1) is 4.47 Å². The van der Waals surface area contributed by atoms with Crippen molar-refractivity contribution < 1.29 is 14.3 Å². The van der Waals surface area contributed by atoms with Gasteiger partial charge in [0.2, 0.25) is 0 Å². The molecule has 0 saturated heterocycles. The molecule has 0 radical (unpaired) electrons. The summed E-state index contributed by atoms with van der Waals surface area (Å²) in [5.74, 6) is 0.0794. The number of imide groups is 1. The van der Waals surface area contributed by atoms with Gasteiger partial charge in [-0.25, -0.2) is 4.79 Å². The second kappa shape index (κ2) is 7.78. The lowest BCUT2D eigenvalue weighted by Gasteiger charge is -2.09. The summed E-state index contributed by atoms with van der Waals surface area (Å²) in [6.07, 6.45) is 0.814. The number of halogens is 1. The Kier molecular flexibility index (Phi) is 6.35. The summed E-state index contributed by atoms with van der Waals surface area (Å²) in [5, 5.41) is 4.73. The molecule has 3 amide bonds. The average Bonchev–Trinajstić information content (AvgIpc) is 2.35. The van der Waals surface area contributed by atoms with Gasteiger partial charge >= 0.3 is 6.03 Å². The van der Waals surface area contributed by atoms with Crippen molar-refractivity contribution in [2.75, 3.05) is 13.2 Å². The van der Waals surface area contributed by atoms with Crippen LogP contribution in [0.15, 0.2) is 22.7 Å². The summed E-state index contributed by atoms with van der Waals surface area (Å²) >= 11 is 3.35. The normalized spacial score (nSPS) is 9.84. The predicted octanol–water partition coefficient (Wildman–Crippen LogP) is 2.37. The molecule has 1 rings (SSSR count). The number of aryl methyl sites for hydroxylation is 1. The number of rotatable bonds is 5. The van der Waals surface area contributed by atoms with Gasteiger partial charge in [0.15, 0.2) is 6.61 Å². The molecule has 0 atom stereocenters. The summed E-state index contributed by atoms with van der Waals surface area (Å²) in [6.45, 7) is 4.21. The van der Waals surface area contributed by atoms with Crippen molar-refractivity contribution >= 4 is 27.9 Å². The SMILES string of the molecule is CCCNC(=O)NC(=O)COc1ccc(C)cc1Br. The molecule has 5 nitrogen and oxygen atoms in total. The molecule has 0 aliphatic carbocycles. The van der Waals surface area contributed by atoms with E-state index >= 15 is 0 Å². The predicted molar refractivity (Wildman–Crippen MR) is 76.2 cm³/mol. The summed E-state index contributed by atoms with van der Waals surface area (Å²) < 4.78 is 6.09. The minimum absolute atomic E-state index is 0.207. The molecular formula is C13H17BrN2O3. The highest BCUT2D eigenvalue weighted by molar-refractivity contribution is 9.10. The van der Waals surface area contributed by atoms with Gasteiger partial charge in [-0.2, -0.15) is 0 Å². The van der Waals surface area contributed by atoms with Crippen LogP contribution in [0.5, 0.6) is 5.75 Å². The van der Waals surface area contributed by atoms with Crippen molar-refractivity contribution in [2.24, 2.45) is 0 Å². The molecule has 2 N–H and O–H groups in total. The molecular weight excluding hydrogens is 312 g/mol. The van der Waals surface area contributed by atoms with Crippen LogP contribution in [0.3, 0.4) is 0 Å². The third-order valence-electron chi connectivity index (χ3n) is 2.23. The molecule has 0 aliphatic rings. The fourth-order valence-electron chi connectivity index (χ4n) is 1.31. The van der Waals surface area contributed by atoms with Crippen molar-refractivity contribution in [3.63, 3.8) is 0 Å². The van der Waals surface area contributed by atoms with E-state index in [1.54, 1.807) is 6.07 Å². The number of hydrogen-bond donors (Lipinski definition) is 2. The molecule has 0 fully saturated rings. The van der Waals surface area contributed by atoms with E-state index in [-0.39, 0.29) is 6.61 Å². The Balaban J connectivity index is 2.39. The zero-order valence-electron chi connectivity index (χ0n) is 11.0. The zero-order valence-corrected chi connectivity index (χ0v) is 12.5. The largest absolute Gasteiger partial charge is 0.483 e. The van der Waals surface area contributed by atoms with Crippen LogP contribution in [-0.2, 0) is 4.79 Å². The van der Waals surface area contributed by atoms with Crippen molar-refractivity contribution in [3.05, 3.63) is 28.2 Å². The quantitative estimate of drug-likeness (QED) is 0.871. The standard InChI is InChI=1S/C13H17BrN2O3/c1-3-6-15-13(18)16-12(17)8-19-11-5-4-9(2)7-10(11)14/h4-5,7H,3,6,8H2,1-2H3,(H2,15,16,17,18). The maximum absolute atomic E-state index is 11.5. The van der Waals surface area contributed by atoms with Crippen LogP contribution < -0.4 is 15.4 Å². The van der Waals surface area contributed by atoms with E-state index in [0.717, 1.165) is 16.5 Å². The zero-order chi connectivity index (χ0) is 14.3. The lowest BCUT2D eigenvalue weighted by Crippen LogP contribution is -2.41. The molecule has 0 unspecified atom stereocenters. The fourth-order valence-corrected chi connectivity index (χ4v) is 1.92. The highest BCUT2D eigenvalue weighted by atomic mass is 79.9. The third-order valence-corrected chi connectivity index (χ3v) is 2.85. The molecule has 0 bridgehead atoms. The molecule has 6 heteroatoms. The number of urea groups is 1. The van der Waals surface area contributed by atoms with E-state index in [0.29, 0.717) is 12.3 Å². The van der Waals surface area contributed by atoms with E-state index in [9.17, 15) is 9.59 Å². The third kappa shape index (κ3) is 5.74. The molecule has 0 aromatic heterocycles. The number of ether oxygens (including phenoxy) is 1. The van der Waals surface area contributed by atoms with Crippen molar-refractivity contribution in [1.82, 2.24) is 10.6 Å². The minimum atomic E-state index is -0.501. The Morgan fingerprint density at radius 1 is 1.37 bits per heavy atom. The van der Waals surface area contributed by atoms with E-state index in [2.05, 4.69) is 26.6 Å². The Bertz CT molecular complexity index is 463. The van der Waals surface area contributed by atoms with Crippen molar-refractivity contribution in [2.45, 2.75) is 20.3 Å². The molecule has 0 spiro atoms. The molecule has 1 aromatic carbocycles. The topological polar surface area (TPSA) is 67.4 Å². The maximum atomic E-state index is 11.5. The number of amides is 3. The summed E-state index contributed by atoms with van der Waals surface area (Å²) in [7, 11) is 0. The fraction of sp³-hybridized carbons (Fsp3) is 0.385. The molecule has 104 valence electrons. The van der Waals surface area contributed by atoms with Crippen molar-refractivity contribution in [3.8, 4) is 5.75 Å². The van der Waals surface area contributed by atoms with Crippen LogP contribution in [0.2, 0.25) is 0 Å². The van der Waals surface area contributed by atoms with Crippen LogP contribution >= 0.6 is 15.9 Å². The molecule has 0 heterocycles. The summed E-state index contributed by atoms with van der Waals surface area (Å²) in [4.78, 5) is 22.7. The second-order valence-corrected chi connectivity index (χ2v) is 4.88. The minimum Gasteiger partial charge on any atom is -0.483 e. The molecule has 0 aliphatic heterocycles. The van der Waals surface area contributed by atoms with Gasteiger partial charge in [0.25, 0.3) is 5.91 Å². The number of hydrogen-bond acceptors (Lipinski definition) is 3. The van der Waals surface area contributed by atoms with Gasteiger partial charge in [-0.15, -0.1) is 0 Å². The number of carbonyl (C=O) groups is 2. The van der Waals surface area contributed by atoms with Gasteiger partial charge < -0.3 is 10.1 Å². The van der Waals surface area contributed by atoms with E-state index in [4.69, 9.17) is 4.74 Å². The summed E-state index contributed by atoms with van der Waals surface area (Å²) in [6, 6.07) is 5.04. The average molecular weight is 329 g/mol. The first-order valence-corrected chi connectivity index (χ1v) is 6.79. The number of benzene rings is 1.